The van der Waals surface area contributed by atoms with Crippen molar-refractivity contribution in [1.29, 1.82) is 0 Å². The van der Waals surface area contributed by atoms with Crippen molar-refractivity contribution in [1.82, 2.24) is 10.2 Å². The van der Waals surface area contributed by atoms with Crippen molar-refractivity contribution < 1.29 is 18.6 Å². The van der Waals surface area contributed by atoms with Crippen molar-refractivity contribution in [3.8, 4) is 5.75 Å². The molecule has 0 aliphatic carbocycles. The number of hydrogen-bond donors (Lipinski definition) is 2. The highest BCUT2D eigenvalue weighted by atomic mass is 19.3. The molecule has 0 amide bonds. The average molecular weight is 314 g/mol. The molecule has 1 aromatic rings. The molecule has 3 atom stereocenters. The molecule has 1 aromatic carbocycles. The Morgan fingerprint density at radius 1 is 1.36 bits per heavy atom. The van der Waals surface area contributed by atoms with Crippen LogP contribution in [0.15, 0.2) is 24.3 Å². The van der Waals surface area contributed by atoms with Crippen molar-refractivity contribution in [2.75, 3.05) is 26.7 Å². The Morgan fingerprint density at radius 2 is 2.05 bits per heavy atom. The van der Waals surface area contributed by atoms with Gasteiger partial charge in [0.05, 0.1) is 6.10 Å². The van der Waals surface area contributed by atoms with E-state index in [1.54, 1.807) is 12.1 Å². The molecule has 0 radical (unpaired) electrons. The van der Waals surface area contributed by atoms with Gasteiger partial charge in [0, 0.05) is 19.1 Å². The summed E-state index contributed by atoms with van der Waals surface area (Å²) >= 11 is 0. The van der Waals surface area contributed by atoms with Gasteiger partial charge in [0.1, 0.15) is 5.75 Å². The molecule has 0 aromatic heterocycles. The Labute approximate surface area is 130 Å². The van der Waals surface area contributed by atoms with E-state index in [-0.39, 0.29) is 5.75 Å². The Bertz CT molecular complexity index is 456. The highest BCUT2D eigenvalue weighted by molar-refractivity contribution is 5.28. The number of likely N-dealkylation sites (tertiary alicyclic amines) is 1. The third-order valence-corrected chi connectivity index (χ3v) is 4.17. The van der Waals surface area contributed by atoms with Gasteiger partial charge in [0.25, 0.3) is 0 Å². The molecule has 1 heterocycles. The van der Waals surface area contributed by atoms with E-state index in [0.29, 0.717) is 24.1 Å². The monoisotopic (exact) mass is 314 g/mol. The number of alkyl halides is 2. The number of rotatable bonds is 6. The van der Waals surface area contributed by atoms with Gasteiger partial charge >= 0.3 is 6.61 Å². The molecule has 22 heavy (non-hydrogen) atoms. The lowest BCUT2D eigenvalue weighted by Crippen LogP contribution is -2.47. The maximum Gasteiger partial charge on any atom is 0.387 e. The molecule has 2 rings (SSSR count). The maximum atomic E-state index is 12.1. The molecule has 1 fully saturated rings. The summed E-state index contributed by atoms with van der Waals surface area (Å²) in [6, 6.07) is 6.52. The lowest BCUT2D eigenvalue weighted by atomic mass is 9.94. The molecular weight excluding hydrogens is 290 g/mol. The van der Waals surface area contributed by atoms with Gasteiger partial charge in [-0.25, -0.2) is 0 Å². The standard InChI is InChI=1S/C16H24F2N2O2/c1-11-10-20(2)8-7-14(11)19-9-15(21)12-3-5-13(6-4-12)22-16(17)18/h3-6,11,14-16,19,21H,7-10H2,1-2H3. The van der Waals surface area contributed by atoms with Gasteiger partial charge in [-0.3, -0.25) is 0 Å². The average Bonchev–Trinajstić information content (AvgIpc) is 2.46. The minimum Gasteiger partial charge on any atom is -0.435 e. The van der Waals surface area contributed by atoms with E-state index in [0.717, 1.165) is 19.5 Å². The van der Waals surface area contributed by atoms with E-state index in [4.69, 9.17) is 0 Å². The van der Waals surface area contributed by atoms with Gasteiger partial charge in [-0.2, -0.15) is 8.78 Å². The summed E-state index contributed by atoms with van der Waals surface area (Å²) in [5.74, 6) is 0.635. The second kappa shape index (κ2) is 7.85. The molecule has 1 saturated heterocycles. The van der Waals surface area contributed by atoms with E-state index in [1.165, 1.54) is 12.1 Å². The van der Waals surface area contributed by atoms with Gasteiger partial charge in [-0.1, -0.05) is 19.1 Å². The SMILES string of the molecule is CC1CN(C)CCC1NCC(O)c1ccc(OC(F)F)cc1. The van der Waals surface area contributed by atoms with Crippen molar-refractivity contribution in [2.24, 2.45) is 5.92 Å². The molecule has 1 aliphatic rings. The van der Waals surface area contributed by atoms with Gasteiger partial charge in [-0.15, -0.1) is 0 Å². The van der Waals surface area contributed by atoms with Crippen LogP contribution < -0.4 is 10.1 Å². The Balaban J connectivity index is 1.83. The first-order valence-electron chi connectivity index (χ1n) is 7.60. The summed E-state index contributed by atoms with van der Waals surface area (Å²) < 4.78 is 28.5. The number of hydrogen-bond acceptors (Lipinski definition) is 4. The van der Waals surface area contributed by atoms with Crippen LogP contribution in [0.3, 0.4) is 0 Å². The number of ether oxygens (including phenoxy) is 1. The Hall–Kier alpha value is -1.24. The van der Waals surface area contributed by atoms with Gasteiger partial charge in [-0.05, 0) is 43.6 Å². The molecule has 0 saturated carbocycles. The third kappa shape index (κ3) is 4.90. The van der Waals surface area contributed by atoms with Gasteiger partial charge in [0.15, 0.2) is 0 Å². The molecule has 0 bridgehead atoms. The van der Waals surface area contributed by atoms with E-state index in [1.807, 2.05) is 0 Å². The van der Waals surface area contributed by atoms with Crippen LogP contribution in [0.4, 0.5) is 8.78 Å². The fourth-order valence-electron chi connectivity index (χ4n) is 2.91. The zero-order valence-electron chi connectivity index (χ0n) is 13.0. The minimum atomic E-state index is -2.83. The van der Waals surface area contributed by atoms with Crippen molar-refractivity contribution in [3.63, 3.8) is 0 Å². The molecule has 0 spiro atoms. The van der Waals surface area contributed by atoms with Crippen LogP contribution in [0, 0.1) is 5.92 Å². The predicted octanol–water partition coefficient (Wildman–Crippen LogP) is 2.25. The molecule has 3 unspecified atom stereocenters. The summed E-state index contributed by atoms with van der Waals surface area (Å²) in [5.41, 5.74) is 0.690. The smallest absolute Gasteiger partial charge is 0.387 e. The zero-order valence-corrected chi connectivity index (χ0v) is 13.0. The van der Waals surface area contributed by atoms with Crippen LogP contribution in [0.5, 0.6) is 5.75 Å². The number of nitrogens with zero attached hydrogens (tertiary/aromatic N) is 1. The highest BCUT2D eigenvalue weighted by Gasteiger charge is 2.24. The van der Waals surface area contributed by atoms with Crippen LogP contribution in [-0.4, -0.2) is 49.3 Å². The summed E-state index contributed by atoms with van der Waals surface area (Å²) in [7, 11) is 2.12. The molecule has 4 nitrogen and oxygen atoms in total. The largest absolute Gasteiger partial charge is 0.435 e. The van der Waals surface area contributed by atoms with Crippen molar-refractivity contribution >= 4 is 0 Å². The summed E-state index contributed by atoms with van der Waals surface area (Å²) in [6.07, 6.45) is 0.401. The van der Waals surface area contributed by atoms with Crippen LogP contribution >= 0.6 is 0 Å². The minimum absolute atomic E-state index is 0.0999. The maximum absolute atomic E-state index is 12.1. The van der Waals surface area contributed by atoms with E-state index in [2.05, 4.69) is 28.9 Å². The van der Waals surface area contributed by atoms with Crippen molar-refractivity contribution in [3.05, 3.63) is 29.8 Å². The molecular formula is C16H24F2N2O2. The molecule has 6 heteroatoms. The first-order chi connectivity index (χ1) is 10.5. The number of nitrogens with one attached hydrogen (secondary N) is 1. The van der Waals surface area contributed by atoms with Crippen LogP contribution in [-0.2, 0) is 0 Å². The third-order valence-electron chi connectivity index (χ3n) is 4.17. The molecule has 1 aliphatic heterocycles. The van der Waals surface area contributed by atoms with Gasteiger partial charge < -0.3 is 20.1 Å². The van der Waals surface area contributed by atoms with Gasteiger partial charge in [0.2, 0.25) is 0 Å². The Morgan fingerprint density at radius 3 is 2.64 bits per heavy atom. The summed E-state index contributed by atoms with van der Waals surface area (Å²) in [4.78, 5) is 2.31. The zero-order chi connectivity index (χ0) is 16.1. The Kier molecular flexibility index (Phi) is 6.11. The highest BCUT2D eigenvalue weighted by Crippen LogP contribution is 2.20. The molecule has 124 valence electrons. The van der Waals surface area contributed by atoms with E-state index >= 15 is 0 Å². The van der Waals surface area contributed by atoms with Crippen LogP contribution in [0.25, 0.3) is 0 Å². The van der Waals surface area contributed by atoms with Crippen LogP contribution in [0.1, 0.15) is 25.0 Å². The van der Waals surface area contributed by atoms with E-state index < -0.39 is 12.7 Å². The lowest BCUT2D eigenvalue weighted by Gasteiger charge is -2.35. The molecule has 2 N–H and O–H groups in total. The summed E-state index contributed by atoms with van der Waals surface area (Å²) in [5, 5.41) is 13.6. The number of benzene rings is 1. The number of halogens is 2. The number of piperidine rings is 1. The first kappa shape index (κ1) is 17.1. The second-order valence-corrected chi connectivity index (χ2v) is 6.01. The van der Waals surface area contributed by atoms with E-state index in [9.17, 15) is 13.9 Å². The fourth-order valence-corrected chi connectivity index (χ4v) is 2.91. The number of aliphatic hydroxyl groups is 1. The predicted molar refractivity (Wildman–Crippen MR) is 81.1 cm³/mol. The summed E-state index contributed by atoms with van der Waals surface area (Å²) in [6.45, 7) is 1.93. The van der Waals surface area contributed by atoms with Crippen molar-refractivity contribution in [2.45, 2.75) is 32.1 Å². The lowest BCUT2D eigenvalue weighted by molar-refractivity contribution is -0.0498. The van der Waals surface area contributed by atoms with Crippen LogP contribution in [0.2, 0.25) is 0 Å². The quantitative estimate of drug-likeness (QED) is 0.845. The topological polar surface area (TPSA) is 44.7 Å². The first-order valence-corrected chi connectivity index (χ1v) is 7.60. The second-order valence-electron chi connectivity index (χ2n) is 6.01. The normalized spacial score (nSPS) is 24.5. The number of aliphatic hydroxyl groups excluding tert-OH is 1. The fraction of sp³-hybridized carbons (Fsp3) is 0.625.